The number of nitrogens with zero attached hydrogens (tertiary/aromatic N) is 1. The normalized spacial score (nSPS) is 19.6. The molecule has 206 valence electrons. The average Bonchev–Trinajstić information content (AvgIpc) is 3.22. The monoisotopic (exact) mass is 620 g/mol. The van der Waals surface area contributed by atoms with Gasteiger partial charge in [0.25, 0.3) is 5.56 Å². The van der Waals surface area contributed by atoms with Gasteiger partial charge in [-0.3, -0.25) is 19.1 Å². The van der Waals surface area contributed by atoms with Gasteiger partial charge in [-0.2, -0.15) is 0 Å². The average molecular weight is 621 g/mol. The first-order valence-corrected chi connectivity index (χ1v) is 15.0. The van der Waals surface area contributed by atoms with Crippen LogP contribution in [0.5, 0.6) is 0 Å². The topological polar surface area (TPSA) is 111 Å². The van der Waals surface area contributed by atoms with Crippen LogP contribution in [-0.2, 0) is 14.3 Å². The van der Waals surface area contributed by atoms with E-state index in [2.05, 4.69) is 11.9 Å². The van der Waals surface area contributed by atoms with E-state index in [1.54, 1.807) is 0 Å². The van der Waals surface area contributed by atoms with Gasteiger partial charge in [-0.05, 0) is 29.0 Å². The molecule has 1 aromatic heterocycles. The molecule has 2 rings (SSSR count). The number of aliphatic hydroxyl groups excluding tert-OH is 1. The number of hydrogen-bond donors (Lipinski definition) is 2. The molecule has 0 aromatic carbocycles. The molecule has 2 heterocycles. The molecule has 0 bridgehead atoms. The summed E-state index contributed by atoms with van der Waals surface area (Å²) in [6.45, 7) is 2.21. The van der Waals surface area contributed by atoms with Crippen LogP contribution in [-0.4, -0.2) is 39.4 Å². The Labute approximate surface area is 228 Å². The zero-order valence-corrected chi connectivity index (χ0v) is 24.0. The lowest BCUT2D eigenvalue weighted by Crippen LogP contribution is -2.33. The zero-order valence-electron chi connectivity index (χ0n) is 21.9. The molecule has 1 aromatic rings. The number of esters is 1. The lowest BCUT2D eigenvalue weighted by Gasteiger charge is -2.16. The fraction of sp³-hybridized carbons (Fsp3) is 0.815. The molecule has 1 unspecified atom stereocenters. The Balaban J connectivity index is 1.46. The summed E-state index contributed by atoms with van der Waals surface area (Å²) in [5, 5.41) is 10.3. The van der Waals surface area contributed by atoms with Crippen LogP contribution in [0.25, 0.3) is 0 Å². The van der Waals surface area contributed by atoms with Crippen molar-refractivity contribution in [3.63, 3.8) is 0 Å². The van der Waals surface area contributed by atoms with Gasteiger partial charge < -0.3 is 14.6 Å². The largest absolute Gasteiger partial charge is 0.463 e. The van der Waals surface area contributed by atoms with Gasteiger partial charge in [0.1, 0.15) is 18.9 Å². The lowest BCUT2D eigenvalue weighted by atomic mass is 10.0. The summed E-state index contributed by atoms with van der Waals surface area (Å²) in [6, 6.07) is 0. The minimum absolute atomic E-state index is 0.0512. The minimum Gasteiger partial charge on any atom is -0.463 e. The maximum absolute atomic E-state index is 12.1. The molecule has 1 fully saturated rings. The number of nitrogens with one attached hydrogen (secondary N) is 1. The zero-order chi connectivity index (χ0) is 26.2. The molecular weight excluding hydrogens is 575 g/mol. The van der Waals surface area contributed by atoms with Crippen LogP contribution in [0, 0.1) is 3.57 Å². The van der Waals surface area contributed by atoms with Crippen molar-refractivity contribution in [2.75, 3.05) is 6.61 Å². The number of halogens is 1. The summed E-state index contributed by atoms with van der Waals surface area (Å²) in [5.41, 5.74) is -1.05. The molecule has 1 aliphatic rings. The quantitative estimate of drug-likeness (QED) is 0.119. The van der Waals surface area contributed by atoms with Crippen molar-refractivity contribution in [1.29, 1.82) is 0 Å². The SMILES string of the molecule is CCCCCCCCCCCCCCCCCC(=O)OC[C@@H]1O[C@H](n2cc(I)c(=O)[nH]c2=O)CC1O. The molecule has 3 atom stereocenters. The summed E-state index contributed by atoms with van der Waals surface area (Å²) < 4.78 is 12.6. The van der Waals surface area contributed by atoms with Gasteiger partial charge in [-0.1, -0.05) is 96.8 Å². The molecule has 1 saturated heterocycles. The van der Waals surface area contributed by atoms with Crippen molar-refractivity contribution >= 4 is 28.6 Å². The number of H-pyrrole nitrogens is 1. The van der Waals surface area contributed by atoms with Crippen molar-refractivity contribution in [2.24, 2.45) is 0 Å². The number of carbonyl (C=O) groups is 1. The van der Waals surface area contributed by atoms with Gasteiger partial charge in [0.2, 0.25) is 0 Å². The van der Waals surface area contributed by atoms with E-state index >= 15 is 0 Å². The van der Waals surface area contributed by atoms with Crippen LogP contribution in [0.2, 0.25) is 0 Å². The first-order valence-electron chi connectivity index (χ1n) is 13.9. The lowest BCUT2D eigenvalue weighted by molar-refractivity contribution is -0.150. The summed E-state index contributed by atoms with van der Waals surface area (Å²) >= 11 is 1.83. The molecule has 36 heavy (non-hydrogen) atoms. The first-order chi connectivity index (χ1) is 17.4. The fourth-order valence-corrected chi connectivity index (χ4v) is 5.03. The third-order valence-electron chi connectivity index (χ3n) is 6.83. The van der Waals surface area contributed by atoms with Crippen LogP contribution >= 0.6 is 22.6 Å². The number of aliphatic hydroxyl groups is 1. The van der Waals surface area contributed by atoms with Crippen LogP contribution in [0.15, 0.2) is 15.8 Å². The number of unbranched alkanes of at least 4 members (excludes halogenated alkanes) is 14. The maximum atomic E-state index is 12.1. The first kappa shape index (κ1) is 31.0. The molecule has 8 nitrogen and oxygen atoms in total. The summed E-state index contributed by atoms with van der Waals surface area (Å²) in [7, 11) is 0. The summed E-state index contributed by atoms with van der Waals surface area (Å²) in [6.07, 6.45) is 18.8. The van der Waals surface area contributed by atoms with E-state index in [0.29, 0.717) is 9.99 Å². The number of aromatic amines is 1. The second kappa shape index (κ2) is 18.1. The van der Waals surface area contributed by atoms with Gasteiger partial charge in [0, 0.05) is 19.0 Å². The predicted octanol–water partition coefficient (Wildman–Crippen LogP) is 5.59. The van der Waals surface area contributed by atoms with Crippen LogP contribution in [0.1, 0.15) is 122 Å². The molecule has 0 amide bonds. The van der Waals surface area contributed by atoms with Gasteiger partial charge in [-0.15, -0.1) is 0 Å². The number of hydrogen-bond acceptors (Lipinski definition) is 6. The molecule has 0 spiro atoms. The summed E-state index contributed by atoms with van der Waals surface area (Å²) in [4.78, 5) is 37.9. The smallest absolute Gasteiger partial charge is 0.330 e. The standard InChI is InChI=1S/C27H45IN2O6/c1-2-3-4-5-6-7-8-9-10-11-12-13-14-15-16-17-25(32)35-20-23-22(31)18-24(36-23)30-19-21(28)26(33)29-27(30)34/h19,22-24,31H,2-18,20H2,1H3,(H,29,33,34)/t22?,23-,24-/m0/s1. The van der Waals surface area contributed by atoms with E-state index in [1.807, 2.05) is 22.6 Å². The Morgan fingerprint density at radius 3 is 2.08 bits per heavy atom. The number of carbonyl (C=O) groups excluding carboxylic acids is 1. The highest BCUT2D eigenvalue weighted by Crippen LogP contribution is 2.28. The second-order valence-electron chi connectivity index (χ2n) is 9.96. The van der Waals surface area contributed by atoms with Crippen molar-refractivity contribution in [3.05, 3.63) is 30.6 Å². The third-order valence-corrected chi connectivity index (χ3v) is 7.60. The van der Waals surface area contributed by atoms with Crippen molar-refractivity contribution in [1.82, 2.24) is 9.55 Å². The Hall–Kier alpha value is -1.20. The highest BCUT2D eigenvalue weighted by atomic mass is 127. The maximum Gasteiger partial charge on any atom is 0.330 e. The Morgan fingerprint density at radius 1 is 1.00 bits per heavy atom. The highest BCUT2D eigenvalue weighted by Gasteiger charge is 2.36. The third kappa shape index (κ3) is 11.9. The van der Waals surface area contributed by atoms with Gasteiger partial charge in [0.15, 0.2) is 0 Å². The van der Waals surface area contributed by atoms with Crippen LogP contribution < -0.4 is 11.2 Å². The molecule has 0 aliphatic carbocycles. The second-order valence-corrected chi connectivity index (χ2v) is 11.1. The van der Waals surface area contributed by atoms with Gasteiger partial charge >= 0.3 is 11.7 Å². The van der Waals surface area contributed by atoms with Crippen LogP contribution in [0.3, 0.4) is 0 Å². The minimum atomic E-state index is -0.856. The fourth-order valence-electron chi connectivity index (χ4n) is 4.60. The van der Waals surface area contributed by atoms with E-state index in [1.165, 1.54) is 87.8 Å². The highest BCUT2D eigenvalue weighted by molar-refractivity contribution is 14.1. The molecule has 9 heteroatoms. The van der Waals surface area contributed by atoms with E-state index in [4.69, 9.17) is 9.47 Å². The van der Waals surface area contributed by atoms with Crippen molar-refractivity contribution in [2.45, 2.75) is 135 Å². The Kier molecular flexibility index (Phi) is 15.6. The molecular formula is C27H45IN2O6. The Morgan fingerprint density at radius 2 is 1.53 bits per heavy atom. The van der Waals surface area contributed by atoms with E-state index < -0.39 is 29.7 Å². The number of ether oxygens (including phenoxy) is 2. The Bertz CT molecular complexity index is 871. The summed E-state index contributed by atoms with van der Waals surface area (Å²) in [5.74, 6) is -0.292. The van der Waals surface area contributed by atoms with Crippen molar-refractivity contribution in [3.8, 4) is 0 Å². The van der Waals surface area contributed by atoms with Gasteiger partial charge in [0.05, 0.1) is 9.67 Å². The molecule has 1 aliphatic heterocycles. The van der Waals surface area contributed by atoms with Gasteiger partial charge in [-0.25, -0.2) is 4.79 Å². The molecule has 0 radical (unpaired) electrons. The van der Waals surface area contributed by atoms with E-state index in [9.17, 15) is 19.5 Å². The number of rotatable bonds is 19. The molecule has 0 saturated carbocycles. The van der Waals surface area contributed by atoms with E-state index in [-0.39, 0.29) is 19.0 Å². The molecule has 2 N–H and O–H groups in total. The van der Waals surface area contributed by atoms with E-state index in [0.717, 1.165) is 19.3 Å². The van der Waals surface area contributed by atoms with Crippen LogP contribution in [0.4, 0.5) is 0 Å². The predicted molar refractivity (Wildman–Crippen MR) is 149 cm³/mol. The van der Waals surface area contributed by atoms with Crippen molar-refractivity contribution < 1.29 is 19.4 Å². The number of aromatic nitrogens is 2.